The van der Waals surface area contributed by atoms with Crippen LogP contribution in [0.15, 0.2) is 47.4 Å². The van der Waals surface area contributed by atoms with Crippen molar-refractivity contribution in [3.8, 4) is 0 Å². The molecule has 1 aliphatic rings. The lowest BCUT2D eigenvalue weighted by Gasteiger charge is -2.35. The number of carbonyl (C=O) groups is 1. The molecular weight excluding hydrogens is 446 g/mol. The lowest BCUT2D eigenvalue weighted by atomic mass is 10.00. The van der Waals surface area contributed by atoms with Crippen LogP contribution < -0.4 is 9.62 Å². The fraction of sp³-hybridized carbons (Fsp3) is 0.519. The Hall–Kier alpha value is -2.38. The summed E-state index contributed by atoms with van der Waals surface area (Å²) in [6.07, 6.45) is 5.81. The molecule has 1 heterocycles. The average Bonchev–Trinajstić information content (AvgIpc) is 2.82. The molecule has 0 aliphatic carbocycles. The number of benzene rings is 2. The summed E-state index contributed by atoms with van der Waals surface area (Å²) in [6, 6.07) is 13.1. The Morgan fingerprint density at radius 3 is 2.47 bits per heavy atom. The van der Waals surface area contributed by atoms with Crippen LogP contribution >= 0.6 is 0 Å². The number of amides is 1. The van der Waals surface area contributed by atoms with E-state index in [1.165, 1.54) is 23.6 Å². The molecule has 2 aromatic carbocycles. The predicted octanol–water partition coefficient (Wildman–Crippen LogP) is 4.58. The van der Waals surface area contributed by atoms with Gasteiger partial charge < -0.3 is 10.2 Å². The van der Waals surface area contributed by atoms with Crippen molar-refractivity contribution in [3.05, 3.63) is 59.2 Å². The number of sulfonamides is 1. The number of piperidine rings is 1. The molecule has 34 heavy (non-hydrogen) atoms. The van der Waals surface area contributed by atoms with E-state index in [-0.39, 0.29) is 17.3 Å². The quantitative estimate of drug-likeness (QED) is 0.500. The minimum Gasteiger partial charge on any atom is -0.354 e. The molecule has 1 N–H and O–H groups in total. The number of aryl methyl sites for hydroxylation is 3. The number of likely N-dealkylation sites (tertiary alicyclic amines) is 1. The summed E-state index contributed by atoms with van der Waals surface area (Å²) in [4.78, 5) is 15.6. The minimum atomic E-state index is -3.90. The Balaban J connectivity index is 1.71. The number of nitrogens with zero attached hydrogens (tertiary/aromatic N) is 2. The van der Waals surface area contributed by atoms with Crippen molar-refractivity contribution in [1.82, 2.24) is 10.2 Å². The van der Waals surface area contributed by atoms with Gasteiger partial charge in [0, 0.05) is 19.1 Å². The zero-order valence-corrected chi connectivity index (χ0v) is 21.8. The van der Waals surface area contributed by atoms with Crippen molar-refractivity contribution in [2.24, 2.45) is 0 Å². The summed E-state index contributed by atoms with van der Waals surface area (Å²) < 4.78 is 28.4. The normalized spacial score (nSPS) is 16.9. The Kier molecular flexibility index (Phi) is 9.14. The highest BCUT2D eigenvalue weighted by molar-refractivity contribution is 7.92. The van der Waals surface area contributed by atoms with E-state index in [0.717, 1.165) is 42.6 Å². The molecule has 1 saturated heterocycles. The smallest absolute Gasteiger partial charge is 0.264 e. The second-order valence-electron chi connectivity index (χ2n) is 9.41. The first-order valence-corrected chi connectivity index (χ1v) is 13.8. The van der Waals surface area contributed by atoms with Crippen LogP contribution in [-0.2, 0) is 14.8 Å². The second kappa shape index (κ2) is 11.8. The maximum absolute atomic E-state index is 13.6. The molecule has 1 fully saturated rings. The molecule has 1 aliphatic heterocycles. The van der Waals surface area contributed by atoms with E-state index in [0.29, 0.717) is 18.3 Å². The molecule has 0 saturated carbocycles. The van der Waals surface area contributed by atoms with Gasteiger partial charge >= 0.3 is 0 Å². The fourth-order valence-corrected chi connectivity index (χ4v) is 6.12. The largest absolute Gasteiger partial charge is 0.354 e. The number of nitrogens with one attached hydrogen (secondary N) is 1. The second-order valence-corrected chi connectivity index (χ2v) is 11.3. The number of anilines is 1. The summed E-state index contributed by atoms with van der Waals surface area (Å²) in [5.74, 6) is -0.290. The van der Waals surface area contributed by atoms with E-state index < -0.39 is 10.0 Å². The summed E-state index contributed by atoms with van der Waals surface area (Å²) >= 11 is 0. The molecular formula is C27H39N3O3S. The first-order valence-electron chi connectivity index (χ1n) is 12.4. The third kappa shape index (κ3) is 6.60. The first-order chi connectivity index (χ1) is 16.2. The molecule has 3 rings (SSSR count). The monoisotopic (exact) mass is 485 g/mol. The van der Waals surface area contributed by atoms with Crippen LogP contribution in [0.1, 0.15) is 55.7 Å². The third-order valence-electron chi connectivity index (χ3n) is 6.69. The van der Waals surface area contributed by atoms with Crippen LogP contribution in [-0.4, -0.2) is 51.4 Å². The summed E-state index contributed by atoms with van der Waals surface area (Å²) in [6.45, 7) is 10.3. The van der Waals surface area contributed by atoms with Crippen molar-refractivity contribution in [1.29, 1.82) is 0 Å². The number of carbonyl (C=O) groups excluding carboxylic acids is 1. The van der Waals surface area contributed by atoms with Crippen LogP contribution in [0.4, 0.5) is 5.69 Å². The van der Waals surface area contributed by atoms with Gasteiger partial charge in [0.1, 0.15) is 6.54 Å². The molecule has 7 heteroatoms. The maximum atomic E-state index is 13.6. The zero-order chi connectivity index (χ0) is 24.7. The van der Waals surface area contributed by atoms with Gasteiger partial charge in [-0.25, -0.2) is 8.42 Å². The molecule has 186 valence electrons. The molecule has 2 aromatic rings. The van der Waals surface area contributed by atoms with E-state index in [1.54, 1.807) is 24.3 Å². The molecule has 1 unspecified atom stereocenters. The Bertz CT molecular complexity index is 1070. The predicted molar refractivity (Wildman–Crippen MR) is 139 cm³/mol. The van der Waals surface area contributed by atoms with Gasteiger partial charge in [-0.2, -0.15) is 0 Å². The standard InChI is InChI=1S/C27H39N3O3S/c1-5-24-9-6-7-17-29(24)18-8-16-28-27(31)20-30(26-19-22(3)10-13-23(26)4)34(32,33)25-14-11-21(2)12-15-25/h10-15,19,24H,5-9,16-18,20H2,1-4H3,(H,28,31). The highest BCUT2D eigenvalue weighted by Crippen LogP contribution is 2.28. The van der Waals surface area contributed by atoms with E-state index in [4.69, 9.17) is 0 Å². The van der Waals surface area contributed by atoms with E-state index in [2.05, 4.69) is 17.1 Å². The van der Waals surface area contributed by atoms with Crippen molar-refractivity contribution in [2.45, 2.75) is 70.7 Å². The summed E-state index contributed by atoms with van der Waals surface area (Å²) in [5, 5.41) is 2.95. The van der Waals surface area contributed by atoms with E-state index in [1.807, 2.05) is 39.0 Å². The molecule has 0 spiro atoms. The molecule has 6 nitrogen and oxygen atoms in total. The van der Waals surface area contributed by atoms with E-state index in [9.17, 15) is 13.2 Å². The van der Waals surface area contributed by atoms with Gasteiger partial charge in [-0.3, -0.25) is 9.10 Å². The number of rotatable bonds is 10. The topological polar surface area (TPSA) is 69.7 Å². The molecule has 0 radical (unpaired) electrons. The first kappa shape index (κ1) is 26.2. The summed E-state index contributed by atoms with van der Waals surface area (Å²) in [7, 11) is -3.90. The molecule has 0 aromatic heterocycles. The van der Waals surface area contributed by atoms with Crippen LogP contribution in [0.5, 0.6) is 0 Å². The lowest BCUT2D eigenvalue weighted by molar-refractivity contribution is -0.119. The van der Waals surface area contributed by atoms with Gasteiger partial charge in [0.05, 0.1) is 10.6 Å². The van der Waals surface area contributed by atoms with Gasteiger partial charge in [0.2, 0.25) is 5.91 Å². The molecule has 1 amide bonds. The van der Waals surface area contributed by atoms with Gasteiger partial charge in [-0.1, -0.05) is 43.2 Å². The fourth-order valence-electron chi connectivity index (χ4n) is 4.64. The SMILES string of the molecule is CCC1CCCCN1CCCNC(=O)CN(c1cc(C)ccc1C)S(=O)(=O)c1ccc(C)cc1. The van der Waals surface area contributed by atoms with Crippen molar-refractivity contribution < 1.29 is 13.2 Å². The van der Waals surface area contributed by atoms with Crippen molar-refractivity contribution >= 4 is 21.6 Å². The Morgan fingerprint density at radius 2 is 1.76 bits per heavy atom. The van der Waals surface area contributed by atoms with Crippen LogP contribution in [0, 0.1) is 20.8 Å². The van der Waals surface area contributed by atoms with Crippen LogP contribution in [0.3, 0.4) is 0 Å². The maximum Gasteiger partial charge on any atom is 0.264 e. The highest BCUT2D eigenvalue weighted by Gasteiger charge is 2.28. The van der Waals surface area contributed by atoms with Crippen molar-refractivity contribution in [3.63, 3.8) is 0 Å². The van der Waals surface area contributed by atoms with Crippen molar-refractivity contribution in [2.75, 3.05) is 30.5 Å². The Labute approximate surface area is 205 Å². The zero-order valence-electron chi connectivity index (χ0n) is 21.0. The van der Waals surface area contributed by atoms with Crippen LogP contribution in [0.25, 0.3) is 0 Å². The number of hydrogen-bond donors (Lipinski definition) is 1. The Morgan fingerprint density at radius 1 is 1.06 bits per heavy atom. The highest BCUT2D eigenvalue weighted by atomic mass is 32.2. The minimum absolute atomic E-state index is 0.183. The summed E-state index contributed by atoms with van der Waals surface area (Å²) in [5.41, 5.74) is 3.27. The van der Waals surface area contributed by atoms with Gasteiger partial charge in [-0.05, 0) is 82.3 Å². The molecule has 0 bridgehead atoms. The van der Waals surface area contributed by atoms with Gasteiger partial charge in [0.15, 0.2) is 0 Å². The van der Waals surface area contributed by atoms with Crippen LogP contribution in [0.2, 0.25) is 0 Å². The lowest BCUT2D eigenvalue weighted by Crippen LogP contribution is -2.43. The molecule has 1 atom stereocenters. The van der Waals surface area contributed by atoms with Gasteiger partial charge in [-0.15, -0.1) is 0 Å². The van der Waals surface area contributed by atoms with E-state index >= 15 is 0 Å². The number of hydrogen-bond acceptors (Lipinski definition) is 4. The third-order valence-corrected chi connectivity index (χ3v) is 8.47. The average molecular weight is 486 g/mol. The van der Waals surface area contributed by atoms with Gasteiger partial charge in [0.25, 0.3) is 10.0 Å².